The van der Waals surface area contributed by atoms with Crippen LogP contribution in [0.3, 0.4) is 0 Å². The molecule has 0 bridgehead atoms. The molecule has 0 aliphatic carbocycles. The van der Waals surface area contributed by atoms with Crippen LogP contribution in [0.5, 0.6) is 0 Å². The van der Waals surface area contributed by atoms with Gasteiger partial charge in [-0.3, -0.25) is 0 Å². The van der Waals surface area contributed by atoms with E-state index in [1.807, 2.05) is 19.2 Å². The minimum Gasteiger partial charge on any atom is -0.309 e. The molecule has 0 saturated heterocycles. The molecule has 94 valence electrons. The lowest BCUT2D eigenvalue weighted by Gasteiger charge is -2.20. The zero-order valence-corrected chi connectivity index (χ0v) is 11.0. The summed E-state index contributed by atoms with van der Waals surface area (Å²) in [6, 6.07) is 13.1. The van der Waals surface area contributed by atoms with Crippen molar-refractivity contribution in [1.82, 2.24) is 5.32 Å². The van der Waals surface area contributed by atoms with Crippen molar-refractivity contribution in [3.63, 3.8) is 0 Å². The van der Waals surface area contributed by atoms with E-state index in [4.69, 9.17) is 0 Å². The third-order valence-corrected chi connectivity index (χ3v) is 3.24. The van der Waals surface area contributed by atoms with Crippen LogP contribution in [0.25, 0.3) is 0 Å². The van der Waals surface area contributed by atoms with Gasteiger partial charge in [-0.15, -0.1) is 0 Å². The maximum atomic E-state index is 13.9. The molecule has 0 radical (unpaired) electrons. The van der Waals surface area contributed by atoms with Gasteiger partial charge in [0.2, 0.25) is 0 Å². The normalized spacial score (nSPS) is 12.4. The molecular weight excluding hydrogens is 225 g/mol. The average molecular weight is 243 g/mol. The lowest BCUT2D eigenvalue weighted by molar-refractivity contribution is 0.575. The van der Waals surface area contributed by atoms with Crippen molar-refractivity contribution in [1.29, 1.82) is 0 Å². The predicted molar refractivity (Wildman–Crippen MR) is 73.2 cm³/mol. The van der Waals surface area contributed by atoms with Crippen molar-refractivity contribution in [3.8, 4) is 0 Å². The monoisotopic (exact) mass is 243 g/mol. The zero-order valence-electron chi connectivity index (χ0n) is 11.0. The number of nitrogens with one attached hydrogen (secondary N) is 1. The summed E-state index contributed by atoms with van der Waals surface area (Å²) in [6.07, 6.45) is 0. The SMILES string of the molecule is CNC(c1ccc(C)cc1C)c1ccccc1F. The first-order valence-corrected chi connectivity index (χ1v) is 6.12. The summed E-state index contributed by atoms with van der Waals surface area (Å²) in [4.78, 5) is 0. The summed E-state index contributed by atoms with van der Waals surface area (Å²) in [5.41, 5.74) is 4.21. The molecule has 0 spiro atoms. The van der Waals surface area contributed by atoms with E-state index >= 15 is 0 Å². The van der Waals surface area contributed by atoms with Gasteiger partial charge >= 0.3 is 0 Å². The summed E-state index contributed by atoms with van der Waals surface area (Å²) in [5.74, 6) is -0.170. The molecule has 1 atom stereocenters. The summed E-state index contributed by atoms with van der Waals surface area (Å²) in [5, 5.41) is 3.20. The number of hydrogen-bond donors (Lipinski definition) is 1. The van der Waals surface area contributed by atoms with E-state index in [9.17, 15) is 4.39 Å². The Hall–Kier alpha value is -1.67. The minimum absolute atomic E-state index is 0.105. The second kappa shape index (κ2) is 5.32. The van der Waals surface area contributed by atoms with Crippen LogP contribution in [-0.2, 0) is 0 Å². The van der Waals surface area contributed by atoms with E-state index in [-0.39, 0.29) is 11.9 Å². The lowest BCUT2D eigenvalue weighted by atomic mass is 9.93. The summed E-state index contributed by atoms with van der Waals surface area (Å²) in [7, 11) is 1.86. The third-order valence-electron chi connectivity index (χ3n) is 3.24. The maximum absolute atomic E-state index is 13.9. The van der Waals surface area contributed by atoms with Gasteiger partial charge in [-0.1, -0.05) is 42.0 Å². The molecule has 2 aromatic carbocycles. The number of aryl methyl sites for hydroxylation is 2. The second-order valence-corrected chi connectivity index (χ2v) is 4.60. The first kappa shape index (κ1) is 12.8. The molecule has 1 N–H and O–H groups in total. The second-order valence-electron chi connectivity index (χ2n) is 4.60. The molecular formula is C16H18FN. The number of benzene rings is 2. The van der Waals surface area contributed by atoms with Gasteiger partial charge in [-0.2, -0.15) is 0 Å². The van der Waals surface area contributed by atoms with Crippen molar-refractivity contribution in [2.24, 2.45) is 0 Å². The van der Waals surface area contributed by atoms with Crippen LogP contribution in [0.4, 0.5) is 4.39 Å². The quantitative estimate of drug-likeness (QED) is 0.865. The van der Waals surface area contributed by atoms with Crippen molar-refractivity contribution < 1.29 is 4.39 Å². The van der Waals surface area contributed by atoms with Gasteiger partial charge in [0.05, 0.1) is 6.04 Å². The van der Waals surface area contributed by atoms with E-state index in [1.54, 1.807) is 6.07 Å². The molecule has 2 aromatic rings. The fourth-order valence-corrected chi connectivity index (χ4v) is 2.34. The number of rotatable bonds is 3. The summed E-state index contributed by atoms with van der Waals surface area (Å²) < 4.78 is 13.9. The highest BCUT2D eigenvalue weighted by atomic mass is 19.1. The molecule has 0 amide bonds. The zero-order chi connectivity index (χ0) is 13.1. The smallest absolute Gasteiger partial charge is 0.128 e. The van der Waals surface area contributed by atoms with Crippen LogP contribution in [0.2, 0.25) is 0 Å². The van der Waals surface area contributed by atoms with Crippen molar-refractivity contribution in [3.05, 3.63) is 70.5 Å². The van der Waals surface area contributed by atoms with Gasteiger partial charge in [-0.25, -0.2) is 4.39 Å². The van der Waals surface area contributed by atoms with Gasteiger partial charge in [0, 0.05) is 5.56 Å². The predicted octanol–water partition coefficient (Wildman–Crippen LogP) is 3.75. The van der Waals surface area contributed by atoms with Crippen molar-refractivity contribution >= 4 is 0 Å². The molecule has 2 heteroatoms. The Labute approximate surface area is 108 Å². The molecule has 0 aliphatic heterocycles. The molecule has 0 aromatic heterocycles. The Morgan fingerprint density at radius 1 is 1.00 bits per heavy atom. The molecule has 1 unspecified atom stereocenters. The highest BCUT2D eigenvalue weighted by Gasteiger charge is 2.17. The standard InChI is InChI=1S/C16H18FN/c1-11-8-9-13(12(2)10-11)16(18-3)14-6-4-5-7-15(14)17/h4-10,16,18H,1-3H3. The summed E-state index contributed by atoms with van der Waals surface area (Å²) in [6.45, 7) is 4.13. The molecule has 1 nitrogen and oxygen atoms in total. The Bertz CT molecular complexity index is 549. The first-order valence-electron chi connectivity index (χ1n) is 6.12. The molecule has 0 heterocycles. The Kier molecular flexibility index (Phi) is 3.78. The van der Waals surface area contributed by atoms with Crippen LogP contribution in [0, 0.1) is 19.7 Å². The van der Waals surface area contributed by atoms with E-state index < -0.39 is 0 Å². The summed E-state index contributed by atoms with van der Waals surface area (Å²) >= 11 is 0. The molecule has 18 heavy (non-hydrogen) atoms. The number of halogens is 1. The average Bonchev–Trinajstić information content (AvgIpc) is 2.34. The highest BCUT2D eigenvalue weighted by Crippen LogP contribution is 2.26. The Morgan fingerprint density at radius 2 is 1.72 bits per heavy atom. The third kappa shape index (κ3) is 2.44. The van der Waals surface area contributed by atoms with Gasteiger partial charge in [-0.05, 0) is 38.1 Å². The van der Waals surface area contributed by atoms with Gasteiger partial charge in [0.15, 0.2) is 0 Å². The van der Waals surface area contributed by atoms with E-state index in [0.29, 0.717) is 5.56 Å². The lowest BCUT2D eigenvalue weighted by Crippen LogP contribution is -2.19. The first-order chi connectivity index (χ1) is 8.63. The van der Waals surface area contributed by atoms with E-state index in [2.05, 4.69) is 37.4 Å². The van der Waals surface area contributed by atoms with Gasteiger partial charge < -0.3 is 5.32 Å². The van der Waals surface area contributed by atoms with Gasteiger partial charge in [0.1, 0.15) is 5.82 Å². The van der Waals surface area contributed by atoms with E-state index in [1.165, 1.54) is 17.2 Å². The fraction of sp³-hybridized carbons (Fsp3) is 0.250. The van der Waals surface area contributed by atoms with Crippen molar-refractivity contribution in [2.75, 3.05) is 7.05 Å². The molecule has 0 fully saturated rings. The Balaban J connectivity index is 2.49. The van der Waals surface area contributed by atoms with Crippen LogP contribution in [-0.4, -0.2) is 7.05 Å². The number of hydrogen-bond acceptors (Lipinski definition) is 1. The topological polar surface area (TPSA) is 12.0 Å². The highest BCUT2D eigenvalue weighted by molar-refractivity contribution is 5.39. The largest absolute Gasteiger partial charge is 0.309 e. The van der Waals surface area contributed by atoms with E-state index in [0.717, 1.165) is 5.56 Å². The van der Waals surface area contributed by atoms with Crippen LogP contribution >= 0.6 is 0 Å². The molecule has 2 rings (SSSR count). The Morgan fingerprint density at radius 3 is 2.33 bits per heavy atom. The minimum atomic E-state index is -0.170. The maximum Gasteiger partial charge on any atom is 0.128 e. The molecule has 0 saturated carbocycles. The van der Waals surface area contributed by atoms with Gasteiger partial charge in [0.25, 0.3) is 0 Å². The molecule has 0 aliphatic rings. The van der Waals surface area contributed by atoms with Crippen LogP contribution in [0.1, 0.15) is 28.3 Å². The van der Waals surface area contributed by atoms with Crippen LogP contribution in [0.15, 0.2) is 42.5 Å². The van der Waals surface area contributed by atoms with Crippen molar-refractivity contribution in [2.45, 2.75) is 19.9 Å². The van der Waals surface area contributed by atoms with Crippen LogP contribution < -0.4 is 5.32 Å². The fourth-order valence-electron chi connectivity index (χ4n) is 2.34.